The monoisotopic (exact) mass is 339 g/mol. The minimum absolute atomic E-state index is 0.107. The van der Waals surface area contributed by atoms with E-state index in [0.29, 0.717) is 17.9 Å². The van der Waals surface area contributed by atoms with Crippen LogP contribution in [0.3, 0.4) is 0 Å². The Balaban J connectivity index is 1.64. The normalized spacial score (nSPS) is 13.0. The number of amides is 1. The zero-order valence-electron chi connectivity index (χ0n) is 14.3. The van der Waals surface area contributed by atoms with Crippen LogP contribution < -0.4 is 10.1 Å². The lowest BCUT2D eigenvalue weighted by molar-refractivity contribution is -0.142. The molecule has 0 saturated carbocycles. The molecule has 0 fully saturated rings. The number of hydrogen-bond acceptors (Lipinski definition) is 3. The Labute approximate surface area is 146 Å². The number of ether oxygens (including phenoxy) is 1. The van der Waals surface area contributed by atoms with Crippen LogP contribution in [0.25, 0.3) is 0 Å². The number of carbonyl (C=O) groups is 2. The molecule has 25 heavy (non-hydrogen) atoms. The number of aliphatic carboxylic acids is 1. The molecule has 1 heterocycles. The average molecular weight is 339 g/mol. The van der Waals surface area contributed by atoms with Crippen LogP contribution in [-0.4, -0.2) is 23.6 Å². The molecule has 3 rings (SSSR count). The second-order valence-corrected chi connectivity index (χ2v) is 6.77. The van der Waals surface area contributed by atoms with Gasteiger partial charge in [-0.3, -0.25) is 9.59 Å². The van der Waals surface area contributed by atoms with Crippen LogP contribution in [0.5, 0.6) is 5.75 Å². The molecule has 2 N–H and O–H groups in total. The molecule has 0 saturated heterocycles. The molecule has 0 spiro atoms. The van der Waals surface area contributed by atoms with Gasteiger partial charge < -0.3 is 15.2 Å². The van der Waals surface area contributed by atoms with E-state index in [9.17, 15) is 14.7 Å². The first-order chi connectivity index (χ1) is 11.9. The van der Waals surface area contributed by atoms with Gasteiger partial charge in [-0.05, 0) is 48.7 Å². The van der Waals surface area contributed by atoms with Gasteiger partial charge in [-0.25, -0.2) is 0 Å². The van der Waals surface area contributed by atoms with Gasteiger partial charge >= 0.3 is 5.97 Å². The van der Waals surface area contributed by atoms with Crippen molar-refractivity contribution in [2.45, 2.75) is 32.1 Å². The SMILES string of the molecule is CC(C)(C(=O)O)c1ccc(NC(=O)Cc2ccc3c(c2)CCO3)cc1. The second kappa shape index (κ2) is 6.59. The first-order valence-corrected chi connectivity index (χ1v) is 8.24. The van der Waals surface area contributed by atoms with Gasteiger partial charge in [0.2, 0.25) is 5.91 Å². The number of anilines is 1. The van der Waals surface area contributed by atoms with Gasteiger partial charge in [0.1, 0.15) is 5.75 Å². The number of benzene rings is 2. The maximum absolute atomic E-state index is 12.2. The molecule has 0 aromatic heterocycles. The average Bonchev–Trinajstić information content (AvgIpc) is 3.02. The lowest BCUT2D eigenvalue weighted by atomic mass is 9.85. The third-order valence-electron chi connectivity index (χ3n) is 4.54. The largest absolute Gasteiger partial charge is 0.493 e. The predicted molar refractivity (Wildman–Crippen MR) is 95.1 cm³/mol. The number of carboxylic acids is 1. The van der Waals surface area contributed by atoms with E-state index in [4.69, 9.17) is 4.74 Å². The van der Waals surface area contributed by atoms with Crippen LogP contribution in [0.15, 0.2) is 42.5 Å². The number of hydrogen-bond donors (Lipinski definition) is 2. The van der Waals surface area contributed by atoms with E-state index in [1.807, 2.05) is 18.2 Å². The van der Waals surface area contributed by atoms with Gasteiger partial charge in [-0.15, -0.1) is 0 Å². The summed E-state index contributed by atoms with van der Waals surface area (Å²) in [6, 6.07) is 12.8. The number of nitrogens with one attached hydrogen (secondary N) is 1. The number of rotatable bonds is 5. The number of fused-ring (bicyclic) bond motifs is 1. The quantitative estimate of drug-likeness (QED) is 0.877. The fourth-order valence-electron chi connectivity index (χ4n) is 2.83. The summed E-state index contributed by atoms with van der Waals surface area (Å²) in [4.78, 5) is 23.5. The molecular formula is C20H21NO4. The van der Waals surface area contributed by atoms with E-state index in [1.165, 1.54) is 0 Å². The lowest BCUT2D eigenvalue weighted by Gasteiger charge is -2.19. The van der Waals surface area contributed by atoms with E-state index < -0.39 is 11.4 Å². The summed E-state index contributed by atoms with van der Waals surface area (Å²) in [6.07, 6.45) is 1.17. The minimum Gasteiger partial charge on any atom is -0.493 e. The van der Waals surface area contributed by atoms with E-state index in [0.717, 1.165) is 23.3 Å². The molecule has 1 amide bonds. The van der Waals surface area contributed by atoms with Crippen molar-refractivity contribution in [1.29, 1.82) is 0 Å². The summed E-state index contributed by atoms with van der Waals surface area (Å²) >= 11 is 0. The van der Waals surface area contributed by atoms with Crippen LogP contribution in [0.1, 0.15) is 30.5 Å². The van der Waals surface area contributed by atoms with Crippen molar-refractivity contribution < 1.29 is 19.4 Å². The Morgan fingerprint density at radius 1 is 1.16 bits per heavy atom. The molecule has 0 atom stereocenters. The Morgan fingerprint density at radius 2 is 1.88 bits per heavy atom. The van der Waals surface area contributed by atoms with E-state index in [2.05, 4.69) is 5.32 Å². The summed E-state index contributed by atoms with van der Waals surface area (Å²) in [5.74, 6) is -0.0882. The molecule has 1 aliphatic rings. The van der Waals surface area contributed by atoms with Gasteiger partial charge in [-0.1, -0.05) is 24.3 Å². The fraction of sp³-hybridized carbons (Fsp3) is 0.300. The van der Waals surface area contributed by atoms with E-state index in [-0.39, 0.29) is 12.3 Å². The Morgan fingerprint density at radius 3 is 2.56 bits per heavy atom. The topological polar surface area (TPSA) is 75.6 Å². The molecule has 5 nitrogen and oxygen atoms in total. The third-order valence-corrected chi connectivity index (χ3v) is 4.54. The third kappa shape index (κ3) is 3.65. The molecular weight excluding hydrogens is 318 g/mol. The first kappa shape index (κ1) is 17.0. The van der Waals surface area contributed by atoms with Crippen molar-refractivity contribution in [1.82, 2.24) is 0 Å². The zero-order chi connectivity index (χ0) is 18.0. The summed E-state index contributed by atoms with van der Waals surface area (Å²) in [6.45, 7) is 4.00. The first-order valence-electron chi connectivity index (χ1n) is 8.24. The van der Waals surface area contributed by atoms with Crippen LogP contribution in [0, 0.1) is 0 Å². The second-order valence-electron chi connectivity index (χ2n) is 6.77. The number of carbonyl (C=O) groups excluding carboxylic acids is 1. The van der Waals surface area contributed by atoms with E-state index >= 15 is 0 Å². The fourth-order valence-corrected chi connectivity index (χ4v) is 2.83. The highest BCUT2D eigenvalue weighted by Gasteiger charge is 2.29. The van der Waals surface area contributed by atoms with Crippen LogP contribution in [-0.2, 0) is 27.8 Å². The molecule has 130 valence electrons. The van der Waals surface area contributed by atoms with Crippen molar-refractivity contribution in [3.8, 4) is 5.75 Å². The van der Waals surface area contributed by atoms with Crippen LogP contribution >= 0.6 is 0 Å². The number of carboxylic acid groups (broad SMARTS) is 1. The summed E-state index contributed by atoms with van der Waals surface area (Å²) in [5.41, 5.74) is 2.47. The summed E-state index contributed by atoms with van der Waals surface area (Å²) in [7, 11) is 0. The van der Waals surface area contributed by atoms with Gasteiger partial charge in [0.25, 0.3) is 0 Å². The maximum Gasteiger partial charge on any atom is 0.313 e. The highest BCUT2D eigenvalue weighted by molar-refractivity contribution is 5.92. The summed E-state index contributed by atoms with van der Waals surface area (Å²) < 4.78 is 5.47. The van der Waals surface area contributed by atoms with Gasteiger partial charge in [-0.2, -0.15) is 0 Å². The molecule has 5 heteroatoms. The molecule has 0 aliphatic carbocycles. The van der Waals surface area contributed by atoms with Crippen molar-refractivity contribution in [3.05, 3.63) is 59.2 Å². The highest BCUT2D eigenvalue weighted by Crippen LogP contribution is 2.27. The molecule has 0 unspecified atom stereocenters. The van der Waals surface area contributed by atoms with Crippen molar-refractivity contribution in [2.75, 3.05) is 11.9 Å². The molecule has 2 aromatic carbocycles. The Kier molecular flexibility index (Phi) is 4.49. The zero-order valence-corrected chi connectivity index (χ0v) is 14.3. The molecule has 1 aliphatic heterocycles. The standard InChI is InChI=1S/C20H21NO4/c1-20(2,19(23)24)15-4-6-16(7-5-15)21-18(22)12-13-3-8-17-14(11-13)9-10-25-17/h3-8,11H,9-10,12H2,1-2H3,(H,21,22)(H,23,24). The molecule has 2 aromatic rings. The minimum atomic E-state index is -0.963. The molecule has 0 bridgehead atoms. The van der Waals surface area contributed by atoms with Gasteiger partial charge in [0, 0.05) is 12.1 Å². The highest BCUT2D eigenvalue weighted by atomic mass is 16.5. The van der Waals surface area contributed by atoms with Gasteiger partial charge in [0.15, 0.2) is 0 Å². The molecule has 0 radical (unpaired) electrons. The van der Waals surface area contributed by atoms with Gasteiger partial charge in [0.05, 0.1) is 18.4 Å². The predicted octanol–water partition coefficient (Wildman–Crippen LogP) is 3.16. The summed E-state index contributed by atoms with van der Waals surface area (Å²) in [5, 5.41) is 12.1. The lowest BCUT2D eigenvalue weighted by Crippen LogP contribution is -2.28. The maximum atomic E-state index is 12.2. The van der Waals surface area contributed by atoms with Crippen molar-refractivity contribution in [2.24, 2.45) is 0 Å². The smallest absolute Gasteiger partial charge is 0.313 e. The van der Waals surface area contributed by atoms with Crippen LogP contribution in [0.4, 0.5) is 5.69 Å². The van der Waals surface area contributed by atoms with Crippen molar-refractivity contribution >= 4 is 17.6 Å². The van der Waals surface area contributed by atoms with Crippen molar-refractivity contribution in [3.63, 3.8) is 0 Å². The Hall–Kier alpha value is -2.82. The van der Waals surface area contributed by atoms with Crippen LogP contribution in [0.2, 0.25) is 0 Å². The Bertz CT molecular complexity index is 809. The van der Waals surface area contributed by atoms with E-state index in [1.54, 1.807) is 38.1 Å².